The molecule has 0 bridgehead atoms. The number of amides is 1. The summed E-state index contributed by atoms with van der Waals surface area (Å²) in [4.78, 5) is 51.0. The van der Waals surface area contributed by atoms with Crippen LogP contribution in [-0.2, 0) is 41.8 Å². The van der Waals surface area contributed by atoms with Crippen LogP contribution in [-0.4, -0.2) is 53.2 Å². The van der Waals surface area contributed by atoms with Crippen molar-refractivity contribution in [2.75, 3.05) is 7.11 Å². The third-order valence-electron chi connectivity index (χ3n) is 7.83. The summed E-state index contributed by atoms with van der Waals surface area (Å²) >= 11 is 0. The molecule has 5 rings (SSSR count). The summed E-state index contributed by atoms with van der Waals surface area (Å²) in [5, 5.41) is 10.8. The number of rotatable bonds is 9. The molecule has 2 aliphatic heterocycles. The van der Waals surface area contributed by atoms with E-state index >= 15 is 0 Å². The molecule has 0 spiro atoms. The van der Waals surface area contributed by atoms with Crippen molar-refractivity contribution in [1.82, 2.24) is 4.90 Å². The highest BCUT2D eigenvalue weighted by Crippen LogP contribution is 2.53. The second-order valence-electron chi connectivity index (χ2n) is 10.1. The van der Waals surface area contributed by atoms with E-state index in [4.69, 9.17) is 18.9 Å². The number of nitro benzene ring substituents is 1. The monoisotopic (exact) mass is 550 g/mol. The predicted molar refractivity (Wildman–Crippen MR) is 139 cm³/mol. The second-order valence-corrected chi connectivity index (χ2v) is 10.1. The third kappa shape index (κ3) is 5.16. The molecule has 3 aliphatic rings. The van der Waals surface area contributed by atoms with Crippen LogP contribution in [0, 0.1) is 22.0 Å². The van der Waals surface area contributed by atoms with E-state index in [9.17, 15) is 24.5 Å². The van der Waals surface area contributed by atoms with Gasteiger partial charge in [0.25, 0.3) is 5.69 Å². The minimum absolute atomic E-state index is 0.0701. The fraction of sp³-hybridized carbons (Fsp3) is 0.414. The maximum absolute atomic E-state index is 13.4. The van der Waals surface area contributed by atoms with Crippen LogP contribution in [0.2, 0.25) is 0 Å². The van der Waals surface area contributed by atoms with Gasteiger partial charge in [-0.05, 0) is 55.0 Å². The molecule has 210 valence electrons. The SMILES string of the molecule is CO[C@H]1CCC[C@@H]2C1=C(C(=O)OCc1ccccc1)N1C(=O)[C@H]([C@@H](C)OC(=O)OCc3ccc([N+](=O)[O-])cc3)[C@@H]21. The van der Waals surface area contributed by atoms with E-state index in [0.717, 1.165) is 30.4 Å². The number of carbonyl (C=O) groups is 3. The lowest BCUT2D eigenvalue weighted by atomic mass is 9.71. The molecule has 0 aromatic heterocycles. The van der Waals surface area contributed by atoms with Crippen molar-refractivity contribution in [3.63, 3.8) is 0 Å². The Labute approximate surface area is 230 Å². The minimum Gasteiger partial charge on any atom is -0.456 e. The molecular weight excluding hydrogens is 520 g/mol. The van der Waals surface area contributed by atoms with E-state index in [1.165, 1.54) is 29.2 Å². The van der Waals surface area contributed by atoms with Gasteiger partial charge in [-0.15, -0.1) is 0 Å². The van der Waals surface area contributed by atoms with Crippen LogP contribution in [0.25, 0.3) is 0 Å². The first-order chi connectivity index (χ1) is 19.3. The number of nitrogens with zero attached hydrogens (tertiary/aromatic N) is 2. The fourth-order valence-electron chi connectivity index (χ4n) is 5.96. The van der Waals surface area contributed by atoms with Gasteiger partial charge in [-0.25, -0.2) is 9.59 Å². The number of fused-ring (bicyclic) bond motifs is 3. The smallest absolute Gasteiger partial charge is 0.456 e. The maximum Gasteiger partial charge on any atom is 0.508 e. The molecule has 2 aromatic rings. The summed E-state index contributed by atoms with van der Waals surface area (Å²) < 4.78 is 22.0. The van der Waals surface area contributed by atoms with Crippen molar-refractivity contribution in [1.29, 1.82) is 0 Å². The Morgan fingerprint density at radius 2 is 1.70 bits per heavy atom. The van der Waals surface area contributed by atoms with Gasteiger partial charge in [0.05, 0.1) is 23.0 Å². The van der Waals surface area contributed by atoms with Gasteiger partial charge in [0.15, 0.2) is 0 Å². The summed E-state index contributed by atoms with van der Waals surface area (Å²) in [6, 6.07) is 14.6. The Morgan fingerprint density at radius 1 is 1.02 bits per heavy atom. The van der Waals surface area contributed by atoms with Crippen LogP contribution in [0.1, 0.15) is 37.3 Å². The van der Waals surface area contributed by atoms with Gasteiger partial charge >= 0.3 is 12.1 Å². The van der Waals surface area contributed by atoms with E-state index in [2.05, 4.69) is 0 Å². The highest BCUT2D eigenvalue weighted by molar-refractivity contribution is 6.01. The average Bonchev–Trinajstić information content (AvgIpc) is 3.26. The zero-order valence-corrected chi connectivity index (χ0v) is 22.2. The second kappa shape index (κ2) is 11.5. The average molecular weight is 551 g/mol. The van der Waals surface area contributed by atoms with E-state index < -0.39 is 29.1 Å². The molecule has 1 amide bonds. The van der Waals surface area contributed by atoms with Gasteiger partial charge in [0.1, 0.15) is 25.0 Å². The van der Waals surface area contributed by atoms with Gasteiger partial charge in [-0.3, -0.25) is 14.9 Å². The Kier molecular flexibility index (Phi) is 7.83. The maximum atomic E-state index is 13.4. The third-order valence-corrected chi connectivity index (χ3v) is 7.83. The van der Waals surface area contributed by atoms with Crippen molar-refractivity contribution in [2.45, 2.75) is 57.6 Å². The Bertz CT molecular complexity index is 1320. The Morgan fingerprint density at radius 3 is 2.38 bits per heavy atom. The first-order valence-electron chi connectivity index (χ1n) is 13.2. The highest BCUT2D eigenvalue weighted by Gasteiger charge is 2.63. The Balaban J connectivity index is 1.26. The molecule has 2 heterocycles. The summed E-state index contributed by atoms with van der Waals surface area (Å²) in [5.41, 5.74) is 2.34. The van der Waals surface area contributed by atoms with Crippen LogP contribution < -0.4 is 0 Å². The minimum atomic E-state index is -0.954. The van der Waals surface area contributed by atoms with E-state index in [-0.39, 0.29) is 48.6 Å². The van der Waals surface area contributed by atoms with Gasteiger partial charge in [0.2, 0.25) is 5.91 Å². The van der Waals surface area contributed by atoms with Crippen molar-refractivity contribution in [2.24, 2.45) is 11.8 Å². The standard InChI is InChI=1S/C29H30N2O9/c1-17(40-29(34)39-16-19-11-13-20(14-12-19)31(35)36)23-25-21-9-6-10-22(37-2)24(21)26(30(25)27(23)32)28(33)38-15-18-7-4-3-5-8-18/h3-5,7-8,11-14,17,21-23,25H,6,9-10,15-16H2,1-2H3/t17-,21-,22+,23-,25-/m1/s1. The first kappa shape index (κ1) is 27.3. The molecule has 1 saturated heterocycles. The number of β-lactam (4-membered cyclic amide) rings is 1. The summed E-state index contributed by atoms with van der Waals surface area (Å²) in [5.74, 6) is -1.65. The lowest BCUT2D eigenvalue weighted by Crippen LogP contribution is -2.64. The summed E-state index contributed by atoms with van der Waals surface area (Å²) in [7, 11) is 1.59. The van der Waals surface area contributed by atoms with Gasteiger partial charge in [-0.1, -0.05) is 30.3 Å². The number of carbonyl (C=O) groups excluding carboxylic acids is 3. The fourth-order valence-corrected chi connectivity index (χ4v) is 5.96. The molecule has 2 aromatic carbocycles. The van der Waals surface area contributed by atoms with Crippen molar-refractivity contribution in [3.8, 4) is 0 Å². The largest absolute Gasteiger partial charge is 0.508 e. The molecule has 2 fully saturated rings. The number of nitro groups is 1. The topological polar surface area (TPSA) is 135 Å². The van der Waals surface area contributed by atoms with Crippen molar-refractivity contribution < 1.29 is 38.3 Å². The van der Waals surface area contributed by atoms with Crippen molar-refractivity contribution >= 4 is 23.7 Å². The van der Waals surface area contributed by atoms with Crippen LogP contribution in [0.15, 0.2) is 65.9 Å². The number of hydrogen-bond acceptors (Lipinski definition) is 9. The van der Waals surface area contributed by atoms with Gasteiger partial charge in [-0.2, -0.15) is 0 Å². The number of ether oxygens (including phenoxy) is 4. The van der Waals surface area contributed by atoms with Crippen molar-refractivity contribution in [3.05, 3.63) is 87.1 Å². The summed E-state index contributed by atoms with van der Waals surface area (Å²) in [6.45, 7) is 1.57. The number of non-ortho nitro benzene ring substituents is 1. The van der Waals surface area contributed by atoms with Gasteiger partial charge < -0.3 is 23.8 Å². The number of esters is 1. The lowest BCUT2D eigenvalue weighted by molar-refractivity contribution is -0.384. The molecule has 40 heavy (non-hydrogen) atoms. The van der Waals surface area contributed by atoms with Crippen LogP contribution in [0.5, 0.6) is 0 Å². The molecular formula is C29H30N2O9. The van der Waals surface area contributed by atoms with Gasteiger partial charge in [0, 0.05) is 25.2 Å². The normalized spacial score (nSPS) is 23.9. The van der Waals surface area contributed by atoms with E-state index in [1.807, 2.05) is 30.3 Å². The zero-order valence-electron chi connectivity index (χ0n) is 22.2. The summed E-state index contributed by atoms with van der Waals surface area (Å²) in [6.07, 6.45) is 0.313. The van der Waals surface area contributed by atoms with Crippen LogP contribution >= 0.6 is 0 Å². The first-order valence-corrected chi connectivity index (χ1v) is 13.2. The quantitative estimate of drug-likeness (QED) is 0.194. The molecule has 0 N–H and O–H groups in total. The number of benzene rings is 2. The molecule has 5 atom stereocenters. The highest BCUT2D eigenvalue weighted by atomic mass is 16.7. The molecule has 0 unspecified atom stereocenters. The number of methoxy groups -OCH3 is 1. The predicted octanol–water partition coefficient (Wildman–Crippen LogP) is 4.29. The molecule has 1 aliphatic carbocycles. The Hall–Kier alpha value is -4.25. The van der Waals surface area contributed by atoms with Crippen LogP contribution in [0.4, 0.5) is 10.5 Å². The molecule has 11 heteroatoms. The van der Waals surface area contributed by atoms with E-state index in [0.29, 0.717) is 5.56 Å². The number of hydrogen-bond donors (Lipinski definition) is 0. The van der Waals surface area contributed by atoms with E-state index in [1.54, 1.807) is 14.0 Å². The molecule has 1 saturated carbocycles. The molecule has 11 nitrogen and oxygen atoms in total. The lowest BCUT2D eigenvalue weighted by Gasteiger charge is -2.48. The van der Waals surface area contributed by atoms with Crippen LogP contribution in [0.3, 0.4) is 0 Å². The zero-order chi connectivity index (χ0) is 28.4. The molecule has 0 radical (unpaired) electrons.